The standard InChI is InChI=1S/C27H33N3O4.ClH/c1-28(27(33)34)17-18-7-6-10-20-19(18)11-12-24-21(20)13-16-29(24)14-4-5-15-30-25(31)22-8-2-3-9-23(22)26(30)32;/h2-3,6,8-10,18-19,24H,4-5,7,11-17H2,1H3,(H,33,34);1H. The van der Waals surface area contributed by atoms with Crippen LogP contribution in [0.1, 0.15) is 59.2 Å². The molecule has 0 aromatic heterocycles. The number of carbonyl (C=O) groups is 3. The third-order valence-corrected chi connectivity index (χ3v) is 8.13. The van der Waals surface area contributed by atoms with Crippen LogP contribution in [0.2, 0.25) is 0 Å². The van der Waals surface area contributed by atoms with Gasteiger partial charge >= 0.3 is 6.09 Å². The van der Waals surface area contributed by atoms with Crippen LogP contribution in [-0.4, -0.2) is 77.0 Å². The number of allylic oxidation sites excluding steroid dienone is 3. The second kappa shape index (κ2) is 10.5. The van der Waals surface area contributed by atoms with E-state index in [-0.39, 0.29) is 24.2 Å². The molecule has 3 amide bonds. The van der Waals surface area contributed by atoms with Crippen molar-refractivity contribution in [1.82, 2.24) is 14.7 Å². The number of unbranched alkanes of at least 4 members (excludes halogenated alkanes) is 1. The summed E-state index contributed by atoms with van der Waals surface area (Å²) in [6.07, 6.45) is 9.71. The largest absolute Gasteiger partial charge is 0.465 e. The fraction of sp³-hybridized carbons (Fsp3) is 0.519. The number of amides is 3. The van der Waals surface area contributed by atoms with Crippen molar-refractivity contribution in [3.63, 3.8) is 0 Å². The lowest BCUT2D eigenvalue weighted by Crippen LogP contribution is -2.39. The minimum Gasteiger partial charge on any atom is -0.465 e. The molecule has 188 valence electrons. The molecule has 2 heterocycles. The number of nitrogens with zero attached hydrogens (tertiary/aromatic N) is 3. The molecule has 35 heavy (non-hydrogen) atoms. The highest BCUT2D eigenvalue weighted by Gasteiger charge is 2.40. The molecule has 2 aliphatic carbocycles. The van der Waals surface area contributed by atoms with Gasteiger partial charge in [-0.25, -0.2) is 4.79 Å². The number of likely N-dealkylation sites (tertiary alicyclic amines) is 1. The van der Waals surface area contributed by atoms with Crippen molar-refractivity contribution in [3.8, 4) is 0 Å². The number of rotatable bonds is 7. The van der Waals surface area contributed by atoms with Gasteiger partial charge in [0, 0.05) is 32.7 Å². The zero-order valence-electron chi connectivity index (χ0n) is 20.2. The lowest BCUT2D eigenvalue weighted by atomic mass is 9.70. The van der Waals surface area contributed by atoms with Crippen LogP contribution in [-0.2, 0) is 0 Å². The molecule has 2 aliphatic heterocycles. The maximum atomic E-state index is 12.6. The second-order valence-corrected chi connectivity index (χ2v) is 10.0. The summed E-state index contributed by atoms with van der Waals surface area (Å²) in [5.41, 5.74) is 4.05. The average molecular weight is 500 g/mol. The molecule has 3 unspecified atom stereocenters. The number of hydrogen-bond donors (Lipinski definition) is 1. The van der Waals surface area contributed by atoms with Crippen LogP contribution in [0.5, 0.6) is 0 Å². The Bertz CT molecular complexity index is 1030. The van der Waals surface area contributed by atoms with Crippen LogP contribution < -0.4 is 0 Å². The van der Waals surface area contributed by atoms with Gasteiger partial charge in [0.15, 0.2) is 0 Å². The number of imide groups is 1. The van der Waals surface area contributed by atoms with Crippen LogP contribution in [0.25, 0.3) is 0 Å². The van der Waals surface area contributed by atoms with Crippen LogP contribution >= 0.6 is 12.4 Å². The Balaban J connectivity index is 0.00000289. The normalized spacial score (nSPS) is 25.3. The highest BCUT2D eigenvalue weighted by molar-refractivity contribution is 6.21. The van der Waals surface area contributed by atoms with Gasteiger partial charge in [-0.05, 0) is 80.2 Å². The number of benzene rings is 1. The highest BCUT2D eigenvalue weighted by Crippen LogP contribution is 2.45. The van der Waals surface area contributed by atoms with E-state index >= 15 is 0 Å². The number of halogens is 1. The SMILES string of the molecule is CN(CC1CC=CC2=C3CCN(CCCCN4C(=O)c5ccccc5C4=O)C3CCC21)C(=O)O.Cl. The topological polar surface area (TPSA) is 81.2 Å². The Morgan fingerprint density at radius 3 is 2.46 bits per heavy atom. The lowest BCUT2D eigenvalue weighted by Gasteiger charge is -2.40. The van der Waals surface area contributed by atoms with Gasteiger partial charge < -0.3 is 10.0 Å². The Kier molecular flexibility index (Phi) is 7.67. The van der Waals surface area contributed by atoms with Crippen LogP contribution in [0.4, 0.5) is 4.79 Å². The summed E-state index contributed by atoms with van der Waals surface area (Å²) in [6, 6.07) is 7.54. The zero-order valence-corrected chi connectivity index (χ0v) is 21.0. The second-order valence-electron chi connectivity index (χ2n) is 10.0. The number of carboxylic acid groups (broad SMARTS) is 1. The van der Waals surface area contributed by atoms with Crippen molar-refractivity contribution in [2.24, 2.45) is 11.8 Å². The molecule has 3 atom stereocenters. The molecule has 5 rings (SSSR count). The van der Waals surface area contributed by atoms with Crippen LogP contribution in [0.15, 0.2) is 47.6 Å². The quantitative estimate of drug-likeness (QED) is 0.442. The summed E-state index contributed by atoms with van der Waals surface area (Å²) in [4.78, 5) is 41.8. The molecule has 0 spiro atoms. The molecule has 0 radical (unpaired) electrons. The molecule has 1 saturated heterocycles. The lowest BCUT2D eigenvalue weighted by molar-refractivity contribution is 0.0650. The Morgan fingerprint density at radius 2 is 1.77 bits per heavy atom. The summed E-state index contributed by atoms with van der Waals surface area (Å²) >= 11 is 0. The van der Waals surface area contributed by atoms with E-state index in [0.717, 1.165) is 51.6 Å². The summed E-state index contributed by atoms with van der Waals surface area (Å²) in [7, 11) is 1.67. The number of hydrogen-bond acceptors (Lipinski definition) is 4. The van der Waals surface area contributed by atoms with Gasteiger partial charge in [-0.15, -0.1) is 12.4 Å². The first-order chi connectivity index (χ1) is 16.5. The van der Waals surface area contributed by atoms with Crippen molar-refractivity contribution >= 4 is 30.3 Å². The van der Waals surface area contributed by atoms with E-state index in [9.17, 15) is 19.5 Å². The number of fused-ring (bicyclic) bond motifs is 3. The predicted molar refractivity (Wildman–Crippen MR) is 136 cm³/mol. The summed E-state index contributed by atoms with van der Waals surface area (Å²) in [5.74, 6) is 0.494. The maximum Gasteiger partial charge on any atom is 0.407 e. The van der Waals surface area contributed by atoms with E-state index in [1.807, 2.05) is 0 Å². The minimum atomic E-state index is -0.856. The first kappa shape index (κ1) is 25.5. The maximum absolute atomic E-state index is 12.6. The summed E-state index contributed by atoms with van der Waals surface area (Å²) < 4.78 is 0. The van der Waals surface area contributed by atoms with Crippen LogP contribution in [0.3, 0.4) is 0 Å². The van der Waals surface area contributed by atoms with E-state index in [0.29, 0.717) is 42.1 Å². The van der Waals surface area contributed by atoms with E-state index in [2.05, 4.69) is 17.1 Å². The van der Waals surface area contributed by atoms with E-state index in [1.54, 1.807) is 36.9 Å². The van der Waals surface area contributed by atoms with E-state index < -0.39 is 6.09 Å². The first-order valence-corrected chi connectivity index (χ1v) is 12.5. The van der Waals surface area contributed by atoms with Gasteiger partial charge in [0.25, 0.3) is 11.8 Å². The van der Waals surface area contributed by atoms with Gasteiger partial charge in [0.2, 0.25) is 0 Å². The van der Waals surface area contributed by atoms with Crippen molar-refractivity contribution in [2.45, 2.75) is 44.6 Å². The smallest absolute Gasteiger partial charge is 0.407 e. The van der Waals surface area contributed by atoms with Gasteiger partial charge in [0.1, 0.15) is 0 Å². The Hall–Kier alpha value is -2.64. The fourth-order valence-corrected chi connectivity index (χ4v) is 6.41. The van der Waals surface area contributed by atoms with E-state index in [1.165, 1.54) is 15.4 Å². The van der Waals surface area contributed by atoms with Crippen molar-refractivity contribution in [3.05, 3.63) is 58.7 Å². The molecule has 1 fully saturated rings. The molecule has 0 saturated carbocycles. The molecule has 1 aromatic rings. The third-order valence-electron chi connectivity index (χ3n) is 8.13. The molecular formula is C27H34ClN3O4. The fourth-order valence-electron chi connectivity index (χ4n) is 6.41. The van der Waals surface area contributed by atoms with E-state index in [4.69, 9.17) is 0 Å². The Morgan fingerprint density at radius 1 is 1.09 bits per heavy atom. The highest BCUT2D eigenvalue weighted by atomic mass is 35.5. The molecule has 0 bridgehead atoms. The minimum absolute atomic E-state index is 0. The Labute approximate surface area is 212 Å². The van der Waals surface area contributed by atoms with Gasteiger partial charge in [-0.2, -0.15) is 0 Å². The molecule has 7 nitrogen and oxygen atoms in total. The predicted octanol–water partition coefficient (Wildman–Crippen LogP) is 4.45. The number of carbonyl (C=O) groups excluding carboxylic acids is 2. The molecular weight excluding hydrogens is 466 g/mol. The molecule has 1 N–H and O–H groups in total. The molecule has 4 aliphatic rings. The van der Waals surface area contributed by atoms with Crippen LogP contribution in [0, 0.1) is 11.8 Å². The van der Waals surface area contributed by atoms with Crippen molar-refractivity contribution in [1.29, 1.82) is 0 Å². The summed E-state index contributed by atoms with van der Waals surface area (Å²) in [6.45, 7) is 3.09. The first-order valence-electron chi connectivity index (χ1n) is 12.5. The van der Waals surface area contributed by atoms with Crippen molar-refractivity contribution in [2.75, 3.05) is 33.2 Å². The van der Waals surface area contributed by atoms with Gasteiger partial charge in [-0.1, -0.05) is 24.3 Å². The zero-order chi connectivity index (χ0) is 23.8. The van der Waals surface area contributed by atoms with Crippen molar-refractivity contribution < 1.29 is 19.5 Å². The van der Waals surface area contributed by atoms with Gasteiger partial charge in [0.05, 0.1) is 11.1 Å². The molecule has 1 aromatic carbocycles. The average Bonchev–Trinajstić information content (AvgIpc) is 3.36. The molecule has 8 heteroatoms. The summed E-state index contributed by atoms with van der Waals surface area (Å²) in [5, 5.41) is 9.29. The van der Waals surface area contributed by atoms with Gasteiger partial charge in [-0.3, -0.25) is 19.4 Å². The monoisotopic (exact) mass is 499 g/mol. The third kappa shape index (κ3) is 4.76.